The van der Waals surface area contributed by atoms with Gasteiger partial charge in [0.15, 0.2) is 0 Å². The van der Waals surface area contributed by atoms with Gasteiger partial charge in [0.25, 0.3) is 5.91 Å². The molecule has 0 spiro atoms. The average Bonchev–Trinajstić information content (AvgIpc) is 2.79. The van der Waals surface area contributed by atoms with Crippen molar-refractivity contribution < 1.29 is 9.69 Å². The van der Waals surface area contributed by atoms with Gasteiger partial charge in [-0.3, -0.25) is 4.79 Å². The first kappa shape index (κ1) is 21.1. The largest absolute Gasteiger partial charge is 0.378 e. The van der Waals surface area contributed by atoms with E-state index in [1.807, 2.05) is 31.2 Å². The van der Waals surface area contributed by atoms with E-state index in [0.29, 0.717) is 6.54 Å². The molecule has 2 atom stereocenters. The highest BCUT2D eigenvalue weighted by Crippen LogP contribution is 2.19. The quantitative estimate of drug-likeness (QED) is 0.650. The number of rotatable bonds is 6. The van der Waals surface area contributed by atoms with E-state index >= 15 is 0 Å². The van der Waals surface area contributed by atoms with Crippen LogP contribution in [0.1, 0.15) is 38.7 Å². The summed E-state index contributed by atoms with van der Waals surface area (Å²) in [7, 11) is 4.11. The normalized spacial score (nSPS) is 16.3. The predicted molar refractivity (Wildman–Crippen MR) is 127 cm³/mol. The zero-order valence-electron chi connectivity index (χ0n) is 18.7. The molecule has 2 N–H and O–H groups in total. The number of amides is 1. The molecule has 4 nitrogen and oxygen atoms in total. The van der Waals surface area contributed by atoms with E-state index in [0.717, 1.165) is 30.6 Å². The minimum atomic E-state index is 0.00446. The Morgan fingerprint density at radius 1 is 0.968 bits per heavy atom. The van der Waals surface area contributed by atoms with Crippen LogP contribution in [-0.2, 0) is 13.0 Å². The molecule has 0 saturated heterocycles. The first-order valence-corrected chi connectivity index (χ1v) is 11.1. The molecule has 0 saturated carbocycles. The summed E-state index contributed by atoms with van der Waals surface area (Å²) in [5.74, 6) is 0.00446. The summed E-state index contributed by atoms with van der Waals surface area (Å²) in [6.07, 6.45) is 1.07. The fraction of sp³-hybridized carbons (Fsp3) is 0.296. The van der Waals surface area contributed by atoms with Gasteiger partial charge in [-0.25, -0.2) is 0 Å². The molecule has 1 amide bonds. The summed E-state index contributed by atoms with van der Waals surface area (Å²) in [6, 6.07) is 25.5. The summed E-state index contributed by atoms with van der Waals surface area (Å²) in [5, 5.41) is 3.23. The van der Waals surface area contributed by atoms with Crippen molar-refractivity contribution in [1.82, 2.24) is 5.32 Å². The van der Waals surface area contributed by atoms with E-state index in [1.165, 1.54) is 27.3 Å². The summed E-state index contributed by atoms with van der Waals surface area (Å²) in [4.78, 5) is 16.5. The molecule has 1 aliphatic heterocycles. The molecule has 160 valence electrons. The van der Waals surface area contributed by atoms with Crippen LogP contribution >= 0.6 is 0 Å². The van der Waals surface area contributed by atoms with Gasteiger partial charge in [-0.15, -0.1) is 0 Å². The Morgan fingerprint density at radius 2 is 1.65 bits per heavy atom. The van der Waals surface area contributed by atoms with Crippen molar-refractivity contribution in [3.8, 4) is 0 Å². The third-order valence-corrected chi connectivity index (χ3v) is 6.41. The lowest BCUT2D eigenvalue weighted by Crippen LogP contribution is -3.12. The molecule has 1 unspecified atom stereocenters. The summed E-state index contributed by atoms with van der Waals surface area (Å²) < 4.78 is 0. The van der Waals surface area contributed by atoms with Gasteiger partial charge >= 0.3 is 0 Å². The van der Waals surface area contributed by atoms with Crippen LogP contribution in [0.25, 0.3) is 0 Å². The predicted octanol–water partition coefficient (Wildman–Crippen LogP) is 3.17. The maximum absolute atomic E-state index is 12.9. The molecule has 1 aliphatic rings. The minimum Gasteiger partial charge on any atom is -0.378 e. The average molecular weight is 415 g/mol. The Bertz CT molecular complexity index is 1040. The molecule has 0 bridgehead atoms. The highest BCUT2D eigenvalue weighted by Gasteiger charge is 2.29. The Kier molecular flexibility index (Phi) is 6.38. The number of nitrogens with zero attached hydrogens (tertiary/aromatic N) is 1. The van der Waals surface area contributed by atoms with Gasteiger partial charge < -0.3 is 15.1 Å². The van der Waals surface area contributed by atoms with Gasteiger partial charge in [0, 0.05) is 42.9 Å². The minimum absolute atomic E-state index is 0.00446. The monoisotopic (exact) mass is 414 g/mol. The van der Waals surface area contributed by atoms with E-state index in [1.54, 1.807) is 0 Å². The first-order chi connectivity index (χ1) is 15.0. The van der Waals surface area contributed by atoms with Crippen molar-refractivity contribution in [3.05, 3.63) is 101 Å². The smallest absolute Gasteiger partial charge is 0.251 e. The third kappa shape index (κ3) is 4.80. The number of aryl methyl sites for hydroxylation is 1. The highest BCUT2D eigenvalue weighted by atomic mass is 16.1. The molecule has 3 aromatic carbocycles. The first-order valence-electron chi connectivity index (χ1n) is 11.1. The summed E-state index contributed by atoms with van der Waals surface area (Å²) in [5.41, 5.74) is 7.09. The van der Waals surface area contributed by atoms with E-state index in [-0.39, 0.29) is 11.9 Å². The number of fused-ring (bicyclic) bond motifs is 1. The van der Waals surface area contributed by atoms with Crippen molar-refractivity contribution in [3.63, 3.8) is 0 Å². The van der Waals surface area contributed by atoms with Gasteiger partial charge in [-0.1, -0.05) is 54.6 Å². The zero-order valence-corrected chi connectivity index (χ0v) is 18.7. The second-order valence-electron chi connectivity index (χ2n) is 8.67. The van der Waals surface area contributed by atoms with Crippen molar-refractivity contribution >= 4 is 11.6 Å². The van der Waals surface area contributed by atoms with Crippen LogP contribution in [-0.4, -0.2) is 33.1 Å². The maximum atomic E-state index is 12.9. The molecule has 0 aromatic heterocycles. The fourth-order valence-corrected chi connectivity index (χ4v) is 4.52. The molecule has 4 heteroatoms. The molecule has 31 heavy (non-hydrogen) atoms. The van der Waals surface area contributed by atoms with Gasteiger partial charge in [-0.05, 0) is 36.2 Å². The number of hydrogen-bond donors (Lipinski definition) is 2. The van der Waals surface area contributed by atoms with E-state index in [2.05, 4.69) is 72.8 Å². The number of carbonyl (C=O) groups is 1. The van der Waals surface area contributed by atoms with Crippen molar-refractivity contribution in [2.24, 2.45) is 0 Å². The molecular weight excluding hydrogens is 382 g/mol. The maximum Gasteiger partial charge on any atom is 0.251 e. The van der Waals surface area contributed by atoms with Gasteiger partial charge in [0.2, 0.25) is 0 Å². The van der Waals surface area contributed by atoms with Crippen LogP contribution in [0.4, 0.5) is 5.69 Å². The van der Waals surface area contributed by atoms with Crippen LogP contribution in [0, 0.1) is 6.92 Å². The Morgan fingerprint density at radius 3 is 2.35 bits per heavy atom. The van der Waals surface area contributed by atoms with Crippen molar-refractivity contribution in [2.75, 3.05) is 32.1 Å². The van der Waals surface area contributed by atoms with Crippen LogP contribution in [0.3, 0.4) is 0 Å². The van der Waals surface area contributed by atoms with E-state index in [4.69, 9.17) is 0 Å². The number of carbonyl (C=O) groups excluding carboxylic acids is 1. The van der Waals surface area contributed by atoms with Gasteiger partial charge in [-0.2, -0.15) is 0 Å². The van der Waals surface area contributed by atoms with E-state index in [9.17, 15) is 4.79 Å². The fourth-order valence-electron chi connectivity index (χ4n) is 4.52. The second kappa shape index (κ2) is 9.36. The molecular formula is C27H32N3O+. The van der Waals surface area contributed by atoms with Crippen LogP contribution in [0.15, 0.2) is 72.8 Å². The number of anilines is 1. The van der Waals surface area contributed by atoms with Crippen LogP contribution in [0.2, 0.25) is 0 Å². The van der Waals surface area contributed by atoms with E-state index < -0.39 is 0 Å². The molecule has 0 aliphatic carbocycles. The lowest BCUT2D eigenvalue weighted by atomic mass is 9.96. The second-order valence-corrected chi connectivity index (χ2v) is 8.67. The Balaban J connectivity index is 1.57. The number of nitrogens with one attached hydrogen (secondary N) is 2. The van der Waals surface area contributed by atoms with Gasteiger partial charge in [0.1, 0.15) is 12.6 Å². The lowest BCUT2D eigenvalue weighted by Gasteiger charge is -2.33. The van der Waals surface area contributed by atoms with Crippen LogP contribution in [0.5, 0.6) is 0 Å². The molecule has 4 rings (SSSR count). The SMILES string of the molecule is Cc1ccccc1C(=O)NC[C@H](c1ccc(N(C)C)cc1)[NH+]1CCc2ccccc2C1. The molecule has 1 heterocycles. The van der Waals surface area contributed by atoms with Gasteiger partial charge in [0.05, 0.1) is 13.1 Å². The number of hydrogen-bond acceptors (Lipinski definition) is 2. The summed E-state index contributed by atoms with van der Waals surface area (Å²) >= 11 is 0. The Labute approximate surface area is 185 Å². The Hall–Kier alpha value is -3.11. The number of quaternary nitrogens is 1. The van der Waals surface area contributed by atoms with Crippen molar-refractivity contribution in [1.29, 1.82) is 0 Å². The zero-order chi connectivity index (χ0) is 21.8. The lowest BCUT2D eigenvalue weighted by molar-refractivity contribution is -0.945. The molecule has 3 aromatic rings. The van der Waals surface area contributed by atoms with Crippen LogP contribution < -0.4 is 15.1 Å². The standard InChI is InChI=1S/C27H31N3O/c1-20-8-4-7-11-25(20)27(31)28-18-26(22-12-14-24(15-13-22)29(2)3)30-17-16-21-9-5-6-10-23(21)19-30/h4-15,26H,16-19H2,1-3H3,(H,28,31)/p+1/t26-/m1/s1. The molecule has 0 fully saturated rings. The highest BCUT2D eigenvalue weighted by molar-refractivity contribution is 5.95. The number of benzene rings is 3. The molecule has 0 radical (unpaired) electrons. The summed E-state index contributed by atoms with van der Waals surface area (Å²) in [6.45, 7) is 4.65. The van der Waals surface area contributed by atoms with Crippen molar-refractivity contribution in [2.45, 2.75) is 25.9 Å². The topological polar surface area (TPSA) is 36.8 Å². The third-order valence-electron chi connectivity index (χ3n) is 6.41.